The minimum atomic E-state index is 0.00566. The molecule has 0 aliphatic rings. The Morgan fingerprint density at radius 3 is 3.00 bits per heavy atom. The van der Waals surface area contributed by atoms with Crippen LogP contribution < -0.4 is 11.1 Å². The van der Waals surface area contributed by atoms with E-state index in [4.69, 9.17) is 5.73 Å². The van der Waals surface area contributed by atoms with Crippen LogP contribution in [0.2, 0.25) is 0 Å². The molecule has 0 saturated heterocycles. The van der Waals surface area contributed by atoms with Gasteiger partial charge in [0.25, 0.3) is 0 Å². The summed E-state index contributed by atoms with van der Waals surface area (Å²) in [6, 6.07) is 8.15. The van der Waals surface area contributed by atoms with Crippen molar-refractivity contribution in [2.24, 2.45) is 5.73 Å². The molecule has 0 radical (unpaired) electrons. The van der Waals surface area contributed by atoms with Crippen molar-refractivity contribution in [2.45, 2.75) is 25.8 Å². The van der Waals surface area contributed by atoms with Crippen molar-refractivity contribution >= 4 is 27.5 Å². The van der Waals surface area contributed by atoms with Crippen LogP contribution in [0.25, 0.3) is 10.2 Å². The van der Waals surface area contributed by atoms with Crippen LogP contribution in [0.15, 0.2) is 24.3 Å². The lowest BCUT2D eigenvalue weighted by Gasteiger charge is -2.11. The molecule has 18 heavy (non-hydrogen) atoms. The summed E-state index contributed by atoms with van der Waals surface area (Å²) in [5.41, 5.74) is 6.36. The number of nitrogens with zero attached hydrogens (tertiary/aromatic N) is 1. The summed E-state index contributed by atoms with van der Waals surface area (Å²) in [5, 5.41) is 3.97. The zero-order valence-electron chi connectivity index (χ0n) is 10.3. The molecular weight excluding hydrogens is 246 g/mol. The predicted octanol–water partition coefficient (Wildman–Crippen LogP) is 1.69. The Morgan fingerprint density at radius 2 is 2.28 bits per heavy atom. The highest BCUT2D eigenvalue weighted by Gasteiger charge is 2.10. The fourth-order valence-corrected chi connectivity index (χ4v) is 2.89. The average molecular weight is 263 g/mol. The van der Waals surface area contributed by atoms with Crippen LogP contribution >= 0.6 is 11.3 Å². The lowest BCUT2D eigenvalue weighted by atomic mass is 10.2. The Kier molecular flexibility index (Phi) is 4.28. The van der Waals surface area contributed by atoms with Crippen LogP contribution in [-0.4, -0.2) is 23.5 Å². The number of carbonyl (C=O) groups excluding carboxylic acids is 1. The Balaban J connectivity index is 1.98. The molecule has 1 heterocycles. The predicted molar refractivity (Wildman–Crippen MR) is 74.6 cm³/mol. The van der Waals surface area contributed by atoms with Gasteiger partial charge in [-0.25, -0.2) is 4.98 Å². The third-order valence-corrected chi connectivity index (χ3v) is 3.66. The van der Waals surface area contributed by atoms with Gasteiger partial charge in [-0.15, -0.1) is 11.3 Å². The third-order valence-electron chi connectivity index (χ3n) is 2.60. The quantitative estimate of drug-likeness (QED) is 0.862. The van der Waals surface area contributed by atoms with Gasteiger partial charge in [0.2, 0.25) is 5.91 Å². The first kappa shape index (κ1) is 13.0. The van der Waals surface area contributed by atoms with Crippen LogP contribution in [0, 0.1) is 0 Å². The number of amides is 1. The Labute approximate surface area is 110 Å². The smallest absolute Gasteiger partial charge is 0.221 e. The zero-order chi connectivity index (χ0) is 13.0. The van der Waals surface area contributed by atoms with Gasteiger partial charge >= 0.3 is 0 Å². The first-order valence-electron chi connectivity index (χ1n) is 6.03. The van der Waals surface area contributed by atoms with Gasteiger partial charge in [-0.2, -0.15) is 0 Å². The fraction of sp³-hybridized carbons (Fsp3) is 0.385. The summed E-state index contributed by atoms with van der Waals surface area (Å²) < 4.78 is 1.19. The monoisotopic (exact) mass is 263 g/mol. The molecule has 1 atom stereocenters. The van der Waals surface area contributed by atoms with Crippen molar-refractivity contribution in [3.8, 4) is 0 Å². The number of thiazole rings is 1. The van der Waals surface area contributed by atoms with E-state index in [0.717, 1.165) is 16.9 Å². The Bertz CT molecular complexity index is 505. The molecule has 2 rings (SSSR count). The second-order valence-corrected chi connectivity index (χ2v) is 5.40. The van der Waals surface area contributed by atoms with E-state index in [1.165, 1.54) is 4.70 Å². The van der Waals surface area contributed by atoms with Crippen molar-refractivity contribution in [1.29, 1.82) is 0 Å². The Morgan fingerprint density at radius 1 is 1.50 bits per heavy atom. The standard InChI is InChI=1S/C13H17N3OS/c1-9(15-12(17)6-7-14)8-13-16-10-4-2-3-5-11(10)18-13/h2-5,9H,6-8,14H2,1H3,(H,15,17). The van der Waals surface area contributed by atoms with E-state index in [9.17, 15) is 4.79 Å². The number of aromatic nitrogens is 1. The van der Waals surface area contributed by atoms with E-state index >= 15 is 0 Å². The molecule has 1 aromatic carbocycles. The van der Waals surface area contributed by atoms with Crippen LogP contribution in [-0.2, 0) is 11.2 Å². The Hall–Kier alpha value is -1.46. The van der Waals surface area contributed by atoms with E-state index in [1.54, 1.807) is 11.3 Å². The number of hydrogen-bond donors (Lipinski definition) is 2. The van der Waals surface area contributed by atoms with Crippen LogP contribution in [0.3, 0.4) is 0 Å². The molecule has 3 N–H and O–H groups in total. The van der Waals surface area contributed by atoms with Crippen molar-refractivity contribution in [2.75, 3.05) is 6.54 Å². The third kappa shape index (κ3) is 3.27. The van der Waals surface area contributed by atoms with Crippen LogP contribution in [0.4, 0.5) is 0 Å². The van der Waals surface area contributed by atoms with Crippen molar-refractivity contribution in [3.05, 3.63) is 29.3 Å². The number of carbonyl (C=O) groups is 1. The van der Waals surface area contributed by atoms with Crippen LogP contribution in [0.5, 0.6) is 0 Å². The lowest BCUT2D eigenvalue weighted by Crippen LogP contribution is -2.35. The van der Waals surface area contributed by atoms with Gasteiger partial charge in [-0.1, -0.05) is 12.1 Å². The van der Waals surface area contributed by atoms with Crippen molar-refractivity contribution in [3.63, 3.8) is 0 Å². The van der Waals surface area contributed by atoms with Gasteiger partial charge in [0.15, 0.2) is 0 Å². The maximum atomic E-state index is 11.4. The minimum Gasteiger partial charge on any atom is -0.353 e. The van der Waals surface area contributed by atoms with Gasteiger partial charge in [0.1, 0.15) is 0 Å². The SMILES string of the molecule is CC(Cc1nc2ccccc2s1)NC(=O)CCN. The summed E-state index contributed by atoms with van der Waals surface area (Å²) in [4.78, 5) is 16.0. The number of nitrogens with two attached hydrogens (primary N) is 1. The summed E-state index contributed by atoms with van der Waals surface area (Å²) in [6.45, 7) is 2.38. The molecule has 1 amide bonds. The summed E-state index contributed by atoms with van der Waals surface area (Å²) in [7, 11) is 0. The van der Waals surface area contributed by atoms with Gasteiger partial charge < -0.3 is 11.1 Å². The highest BCUT2D eigenvalue weighted by molar-refractivity contribution is 7.18. The van der Waals surface area contributed by atoms with E-state index in [0.29, 0.717) is 13.0 Å². The molecule has 0 saturated carbocycles. The molecule has 96 valence electrons. The second kappa shape index (κ2) is 5.93. The zero-order valence-corrected chi connectivity index (χ0v) is 11.2. The van der Waals surface area contributed by atoms with E-state index in [1.807, 2.05) is 25.1 Å². The molecule has 0 bridgehead atoms. The van der Waals surface area contributed by atoms with Gasteiger partial charge in [-0.3, -0.25) is 4.79 Å². The number of fused-ring (bicyclic) bond motifs is 1. The van der Waals surface area contributed by atoms with Gasteiger partial charge in [0.05, 0.1) is 15.2 Å². The largest absolute Gasteiger partial charge is 0.353 e. The van der Waals surface area contributed by atoms with E-state index in [2.05, 4.69) is 16.4 Å². The van der Waals surface area contributed by atoms with Gasteiger partial charge in [0, 0.05) is 25.4 Å². The number of benzene rings is 1. The molecule has 0 spiro atoms. The average Bonchev–Trinajstić information content (AvgIpc) is 2.70. The summed E-state index contributed by atoms with van der Waals surface area (Å²) in [6.07, 6.45) is 1.14. The molecular formula is C13H17N3OS. The highest BCUT2D eigenvalue weighted by atomic mass is 32.1. The highest BCUT2D eigenvalue weighted by Crippen LogP contribution is 2.22. The maximum absolute atomic E-state index is 11.4. The van der Waals surface area contributed by atoms with E-state index in [-0.39, 0.29) is 11.9 Å². The first-order chi connectivity index (χ1) is 8.69. The lowest BCUT2D eigenvalue weighted by molar-refractivity contribution is -0.121. The minimum absolute atomic E-state index is 0.00566. The molecule has 0 aliphatic carbocycles. The van der Waals surface area contributed by atoms with Crippen LogP contribution in [0.1, 0.15) is 18.4 Å². The summed E-state index contributed by atoms with van der Waals surface area (Å²) in [5.74, 6) is 0.00566. The maximum Gasteiger partial charge on any atom is 0.221 e. The topological polar surface area (TPSA) is 68.0 Å². The van der Waals surface area contributed by atoms with E-state index < -0.39 is 0 Å². The molecule has 4 nitrogen and oxygen atoms in total. The number of para-hydroxylation sites is 1. The number of nitrogens with one attached hydrogen (secondary N) is 1. The second-order valence-electron chi connectivity index (χ2n) is 4.29. The summed E-state index contributed by atoms with van der Waals surface area (Å²) >= 11 is 1.68. The molecule has 1 unspecified atom stereocenters. The van der Waals surface area contributed by atoms with Crippen molar-refractivity contribution < 1.29 is 4.79 Å². The van der Waals surface area contributed by atoms with Gasteiger partial charge in [-0.05, 0) is 19.1 Å². The number of rotatable bonds is 5. The molecule has 2 aromatic rings. The fourth-order valence-electron chi connectivity index (χ4n) is 1.80. The molecule has 0 aliphatic heterocycles. The normalized spacial score (nSPS) is 12.6. The first-order valence-corrected chi connectivity index (χ1v) is 6.84. The molecule has 0 fully saturated rings. The molecule has 1 aromatic heterocycles. The number of hydrogen-bond acceptors (Lipinski definition) is 4. The molecule has 5 heteroatoms. The van der Waals surface area contributed by atoms with Crippen molar-refractivity contribution in [1.82, 2.24) is 10.3 Å².